The summed E-state index contributed by atoms with van der Waals surface area (Å²) in [6, 6.07) is 10.8. The van der Waals surface area contributed by atoms with Gasteiger partial charge in [-0.05, 0) is 36.4 Å². The van der Waals surface area contributed by atoms with E-state index in [4.69, 9.17) is 4.74 Å². The van der Waals surface area contributed by atoms with Crippen molar-refractivity contribution in [3.8, 4) is 6.07 Å². The minimum atomic E-state index is -0.567. The first-order valence-corrected chi connectivity index (χ1v) is 9.57. The Morgan fingerprint density at radius 3 is 2.96 bits per heavy atom. The zero-order valence-corrected chi connectivity index (χ0v) is 15.3. The van der Waals surface area contributed by atoms with Gasteiger partial charge < -0.3 is 14.0 Å². The molecule has 1 aliphatic heterocycles. The van der Waals surface area contributed by atoms with Crippen molar-refractivity contribution in [2.45, 2.75) is 25.5 Å². The van der Waals surface area contributed by atoms with Crippen LogP contribution in [0.1, 0.15) is 33.6 Å². The van der Waals surface area contributed by atoms with Crippen LogP contribution in [-0.4, -0.2) is 33.8 Å². The number of rotatable bonds is 4. The molecule has 0 spiro atoms. The molecule has 3 aromatic rings. The predicted molar refractivity (Wildman–Crippen MR) is 100 cm³/mol. The molecule has 3 aromatic heterocycles. The molecular weight excluding hydrogens is 362 g/mol. The lowest BCUT2D eigenvalue weighted by molar-refractivity contribution is -0.149. The Morgan fingerprint density at radius 1 is 1.30 bits per heavy atom. The third kappa shape index (κ3) is 3.20. The average molecular weight is 379 g/mol. The zero-order valence-electron chi connectivity index (χ0n) is 14.5. The van der Waals surface area contributed by atoms with Crippen molar-refractivity contribution in [1.29, 1.82) is 5.26 Å². The summed E-state index contributed by atoms with van der Waals surface area (Å²) in [5, 5.41) is 11.3. The smallest absolute Gasteiger partial charge is 0.329 e. The number of hydrogen-bond donors (Lipinski definition) is 0. The van der Waals surface area contributed by atoms with E-state index in [1.165, 1.54) is 11.3 Å². The van der Waals surface area contributed by atoms with Gasteiger partial charge >= 0.3 is 5.97 Å². The van der Waals surface area contributed by atoms with Crippen LogP contribution in [0.5, 0.6) is 0 Å². The van der Waals surface area contributed by atoms with Gasteiger partial charge in [-0.2, -0.15) is 5.26 Å². The molecule has 1 fully saturated rings. The standard InChI is InChI=1S/C20H17N3O3S/c21-11-15-14(12-22-8-2-1-5-16(15)22)13-26-20(25)17-6-3-9-23(17)19(24)18-7-4-10-27-18/h1-2,4-5,7-8,10,12,17H,3,6,9,13H2/t17-/m0/s1. The van der Waals surface area contributed by atoms with Gasteiger partial charge in [-0.25, -0.2) is 4.79 Å². The van der Waals surface area contributed by atoms with Crippen LogP contribution in [0.3, 0.4) is 0 Å². The van der Waals surface area contributed by atoms with E-state index in [0.717, 1.165) is 11.9 Å². The fourth-order valence-corrected chi connectivity index (χ4v) is 4.14. The van der Waals surface area contributed by atoms with Crippen LogP contribution < -0.4 is 0 Å². The van der Waals surface area contributed by atoms with Crippen molar-refractivity contribution >= 4 is 28.7 Å². The molecule has 4 rings (SSSR count). The molecule has 1 aliphatic rings. The summed E-state index contributed by atoms with van der Waals surface area (Å²) >= 11 is 1.37. The van der Waals surface area contributed by atoms with Crippen molar-refractivity contribution in [1.82, 2.24) is 9.30 Å². The number of nitrogens with zero attached hydrogens (tertiary/aromatic N) is 3. The maximum Gasteiger partial charge on any atom is 0.329 e. The SMILES string of the molecule is N#Cc1c(COC(=O)[C@@H]2CCCN2C(=O)c2cccs2)cn2ccccc12. The molecule has 0 unspecified atom stereocenters. The molecule has 0 bridgehead atoms. The Kier molecular flexibility index (Phi) is 4.65. The van der Waals surface area contributed by atoms with Gasteiger partial charge in [-0.1, -0.05) is 12.1 Å². The van der Waals surface area contributed by atoms with E-state index in [1.807, 2.05) is 40.2 Å². The molecule has 136 valence electrons. The van der Waals surface area contributed by atoms with Crippen LogP contribution in [0.25, 0.3) is 5.52 Å². The lowest BCUT2D eigenvalue weighted by atomic mass is 10.2. The van der Waals surface area contributed by atoms with Crippen LogP contribution in [0.2, 0.25) is 0 Å². The van der Waals surface area contributed by atoms with Gasteiger partial charge in [0.15, 0.2) is 0 Å². The number of aromatic nitrogens is 1. The molecule has 0 aromatic carbocycles. The maximum atomic E-state index is 12.6. The predicted octanol–water partition coefficient (Wildman–Crippen LogP) is 3.22. The van der Waals surface area contributed by atoms with E-state index in [0.29, 0.717) is 29.0 Å². The van der Waals surface area contributed by atoms with Gasteiger partial charge in [-0.3, -0.25) is 4.79 Å². The number of hydrogen-bond acceptors (Lipinski definition) is 5. The van der Waals surface area contributed by atoms with Crippen molar-refractivity contribution in [2.75, 3.05) is 6.54 Å². The lowest BCUT2D eigenvalue weighted by Crippen LogP contribution is -2.41. The number of ether oxygens (including phenoxy) is 1. The number of pyridine rings is 1. The first-order chi connectivity index (χ1) is 13.2. The Morgan fingerprint density at radius 2 is 2.19 bits per heavy atom. The summed E-state index contributed by atoms with van der Waals surface area (Å²) < 4.78 is 7.33. The Balaban J connectivity index is 1.48. The van der Waals surface area contributed by atoms with Gasteiger partial charge in [0, 0.05) is 24.5 Å². The minimum absolute atomic E-state index is 0.0148. The highest BCUT2D eigenvalue weighted by Crippen LogP contribution is 2.24. The highest BCUT2D eigenvalue weighted by Gasteiger charge is 2.36. The summed E-state index contributed by atoms with van der Waals surface area (Å²) in [5.74, 6) is -0.548. The second kappa shape index (κ2) is 7.25. The molecule has 1 atom stereocenters. The molecule has 1 amide bonds. The normalized spacial score (nSPS) is 16.4. The monoisotopic (exact) mass is 379 g/mol. The molecule has 0 radical (unpaired) electrons. The summed E-state index contributed by atoms with van der Waals surface area (Å²) in [6.45, 7) is 0.566. The zero-order chi connectivity index (χ0) is 18.8. The number of esters is 1. The Hall–Kier alpha value is -3.11. The molecule has 4 heterocycles. The lowest BCUT2D eigenvalue weighted by Gasteiger charge is -2.22. The molecule has 0 saturated carbocycles. The maximum absolute atomic E-state index is 12.6. The minimum Gasteiger partial charge on any atom is -0.459 e. The molecule has 6 nitrogen and oxygen atoms in total. The number of carbonyl (C=O) groups is 2. The van der Waals surface area contributed by atoms with Crippen LogP contribution in [-0.2, 0) is 16.1 Å². The van der Waals surface area contributed by atoms with Crippen molar-refractivity contribution < 1.29 is 14.3 Å². The number of carbonyl (C=O) groups excluding carboxylic acids is 2. The van der Waals surface area contributed by atoms with Crippen molar-refractivity contribution in [3.05, 3.63) is 64.1 Å². The molecule has 0 aliphatic carbocycles. The quantitative estimate of drug-likeness (QED) is 0.653. The highest BCUT2D eigenvalue weighted by molar-refractivity contribution is 7.12. The van der Waals surface area contributed by atoms with Crippen LogP contribution >= 0.6 is 11.3 Å². The summed E-state index contributed by atoms with van der Waals surface area (Å²) in [4.78, 5) is 27.4. The number of amides is 1. The molecule has 7 heteroatoms. The Bertz CT molecular complexity index is 1030. The van der Waals surface area contributed by atoms with E-state index < -0.39 is 12.0 Å². The number of nitriles is 1. The summed E-state index contributed by atoms with van der Waals surface area (Å²) in [6.07, 6.45) is 5.01. The van der Waals surface area contributed by atoms with Crippen LogP contribution in [0.4, 0.5) is 0 Å². The summed E-state index contributed by atoms with van der Waals surface area (Å²) in [5.41, 5.74) is 1.94. The average Bonchev–Trinajstić information content (AvgIpc) is 3.44. The third-order valence-electron chi connectivity index (χ3n) is 4.76. The fourth-order valence-electron chi connectivity index (χ4n) is 3.46. The number of thiophene rings is 1. The Labute approximate surface area is 160 Å². The van der Waals surface area contributed by atoms with E-state index in [9.17, 15) is 14.9 Å². The van der Waals surface area contributed by atoms with Gasteiger partial charge in [0.25, 0.3) is 5.91 Å². The van der Waals surface area contributed by atoms with E-state index in [-0.39, 0.29) is 12.5 Å². The molecule has 0 N–H and O–H groups in total. The van der Waals surface area contributed by atoms with Gasteiger partial charge in [0.2, 0.25) is 0 Å². The van der Waals surface area contributed by atoms with Crippen molar-refractivity contribution in [3.63, 3.8) is 0 Å². The highest BCUT2D eigenvalue weighted by atomic mass is 32.1. The second-order valence-electron chi connectivity index (χ2n) is 6.38. The number of fused-ring (bicyclic) bond motifs is 1. The van der Waals surface area contributed by atoms with Crippen LogP contribution in [0.15, 0.2) is 48.1 Å². The van der Waals surface area contributed by atoms with Crippen molar-refractivity contribution in [2.24, 2.45) is 0 Å². The first-order valence-electron chi connectivity index (χ1n) is 8.69. The first kappa shape index (κ1) is 17.3. The molecular formula is C20H17N3O3S. The second-order valence-corrected chi connectivity index (χ2v) is 7.32. The van der Waals surface area contributed by atoms with E-state index in [1.54, 1.807) is 17.2 Å². The summed E-state index contributed by atoms with van der Waals surface area (Å²) in [7, 11) is 0. The molecule has 1 saturated heterocycles. The fraction of sp³-hybridized carbons (Fsp3) is 0.250. The van der Waals surface area contributed by atoms with E-state index >= 15 is 0 Å². The largest absolute Gasteiger partial charge is 0.459 e. The van der Waals surface area contributed by atoms with Gasteiger partial charge in [-0.15, -0.1) is 11.3 Å². The van der Waals surface area contributed by atoms with E-state index in [2.05, 4.69) is 6.07 Å². The van der Waals surface area contributed by atoms with Gasteiger partial charge in [0.1, 0.15) is 18.7 Å². The third-order valence-corrected chi connectivity index (χ3v) is 5.62. The van der Waals surface area contributed by atoms with Gasteiger partial charge in [0.05, 0.1) is 16.0 Å². The topological polar surface area (TPSA) is 74.8 Å². The van der Waals surface area contributed by atoms with Crippen LogP contribution in [0, 0.1) is 11.3 Å². The number of likely N-dealkylation sites (tertiary alicyclic amines) is 1. The molecule has 27 heavy (non-hydrogen) atoms.